The number of aromatic nitrogens is 3. The Bertz CT molecular complexity index is 1020. The molecule has 2 heterocycles. The van der Waals surface area contributed by atoms with Crippen molar-refractivity contribution in [2.75, 3.05) is 18.5 Å². The van der Waals surface area contributed by atoms with Gasteiger partial charge in [-0.05, 0) is 74.7 Å². The number of nitrogens with zero attached hydrogens (tertiary/aromatic N) is 4. The van der Waals surface area contributed by atoms with Crippen molar-refractivity contribution in [1.29, 1.82) is 0 Å². The number of allylic oxidation sites excluding steroid dienone is 1. The molecule has 2 aromatic heterocycles. The molecule has 2 aromatic rings. The van der Waals surface area contributed by atoms with Crippen molar-refractivity contribution in [3.05, 3.63) is 30.4 Å². The number of hydrogen-bond acceptors (Lipinski definition) is 7. The summed E-state index contributed by atoms with van der Waals surface area (Å²) in [5.41, 5.74) is 7.62. The number of nitrogens with two attached hydrogens (primary N) is 1. The number of carbonyl (C=O) groups excluding carboxylic acids is 1. The molecular formula is C24H32N6O2. The molecule has 6 rings (SSSR count). The van der Waals surface area contributed by atoms with Gasteiger partial charge in [0.1, 0.15) is 12.2 Å². The zero-order valence-corrected chi connectivity index (χ0v) is 18.7. The van der Waals surface area contributed by atoms with Crippen LogP contribution in [0.4, 0.5) is 5.95 Å². The van der Waals surface area contributed by atoms with Crippen LogP contribution < -0.4 is 11.1 Å². The highest BCUT2D eigenvalue weighted by atomic mass is 16.5. The number of fused-ring (bicyclic) bond motifs is 1. The largest absolute Gasteiger partial charge is 0.465 e. The number of rotatable bonds is 8. The Hall–Kier alpha value is -2.90. The van der Waals surface area contributed by atoms with E-state index in [0.717, 1.165) is 35.3 Å². The average Bonchev–Trinajstić information content (AvgIpc) is 3.13. The van der Waals surface area contributed by atoms with E-state index >= 15 is 0 Å². The number of carbonyl (C=O) groups is 1. The lowest BCUT2D eigenvalue weighted by atomic mass is 9.49. The third kappa shape index (κ3) is 4.23. The van der Waals surface area contributed by atoms with Gasteiger partial charge in [-0.1, -0.05) is 0 Å². The van der Waals surface area contributed by atoms with Crippen LogP contribution in [0.5, 0.6) is 0 Å². The molecule has 4 saturated carbocycles. The number of nitrogens with one attached hydrogen (secondary N) is 1. The highest BCUT2D eigenvalue weighted by Crippen LogP contribution is 2.60. The third-order valence-electron chi connectivity index (χ3n) is 7.36. The lowest BCUT2D eigenvalue weighted by Crippen LogP contribution is -2.47. The summed E-state index contributed by atoms with van der Waals surface area (Å²) >= 11 is 0. The topological polar surface area (TPSA) is 107 Å². The van der Waals surface area contributed by atoms with Crippen LogP contribution in [0.3, 0.4) is 0 Å². The van der Waals surface area contributed by atoms with Crippen molar-refractivity contribution in [1.82, 2.24) is 14.5 Å². The van der Waals surface area contributed by atoms with Gasteiger partial charge in [-0.25, -0.2) is 4.98 Å². The van der Waals surface area contributed by atoms with E-state index in [-0.39, 0.29) is 12.5 Å². The molecule has 4 aliphatic rings. The molecule has 0 spiro atoms. The molecule has 0 aliphatic heterocycles. The van der Waals surface area contributed by atoms with Crippen LogP contribution >= 0.6 is 0 Å². The first-order valence-corrected chi connectivity index (χ1v) is 11.7. The molecule has 32 heavy (non-hydrogen) atoms. The predicted octanol–water partition coefficient (Wildman–Crippen LogP) is 3.49. The van der Waals surface area contributed by atoms with Crippen molar-refractivity contribution in [2.45, 2.75) is 52.0 Å². The predicted molar refractivity (Wildman–Crippen MR) is 124 cm³/mol. The Labute approximate surface area is 188 Å². The fraction of sp³-hybridized carbons (Fsp3) is 0.583. The minimum Gasteiger partial charge on any atom is -0.465 e. The zero-order chi connectivity index (χ0) is 22.1. The van der Waals surface area contributed by atoms with E-state index in [0.29, 0.717) is 23.7 Å². The van der Waals surface area contributed by atoms with E-state index in [4.69, 9.17) is 15.5 Å². The molecule has 4 bridgehead atoms. The van der Waals surface area contributed by atoms with E-state index in [9.17, 15) is 4.79 Å². The van der Waals surface area contributed by atoms with E-state index in [1.807, 2.05) is 6.20 Å². The van der Waals surface area contributed by atoms with Crippen molar-refractivity contribution in [3.8, 4) is 0 Å². The Kier molecular flexibility index (Phi) is 5.61. The molecule has 0 saturated heterocycles. The maximum atomic E-state index is 11.5. The summed E-state index contributed by atoms with van der Waals surface area (Å²) in [7, 11) is 0. The maximum absolute atomic E-state index is 11.5. The number of aliphatic imine (C=N–C) groups is 1. The lowest BCUT2D eigenvalue weighted by Gasteiger charge is -2.57. The summed E-state index contributed by atoms with van der Waals surface area (Å²) in [6, 6.07) is 2.10. The van der Waals surface area contributed by atoms with Gasteiger partial charge in [0.05, 0.1) is 12.3 Å². The second-order valence-electron chi connectivity index (χ2n) is 9.86. The van der Waals surface area contributed by atoms with Gasteiger partial charge in [0.25, 0.3) is 0 Å². The van der Waals surface area contributed by atoms with Gasteiger partial charge in [0.15, 0.2) is 0 Å². The lowest BCUT2D eigenvalue weighted by molar-refractivity contribution is -0.141. The van der Waals surface area contributed by atoms with Crippen LogP contribution in [-0.2, 0) is 16.1 Å². The van der Waals surface area contributed by atoms with E-state index in [1.165, 1.54) is 50.9 Å². The number of hydrogen-bond donors (Lipinski definition) is 2. The average molecular weight is 437 g/mol. The summed E-state index contributed by atoms with van der Waals surface area (Å²) in [6.07, 6.45) is 15.3. The molecule has 170 valence electrons. The molecule has 0 amide bonds. The molecule has 0 unspecified atom stereocenters. The quantitative estimate of drug-likeness (QED) is 0.484. The number of ether oxygens (including phenoxy) is 1. The van der Waals surface area contributed by atoms with Gasteiger partial charge in [0, 0.05) is 36.7 Å². The van der Waals surface area contributed by atoms with E-state index in [1.54, 1.807) is 6.92 Å². The van der Waals surface area contributed by atoms with Crippen LogP contribution in [0.25, 0.3) is 11.0 Å². The molecule has 0 atom stereocenters. The van der Waals surface area contributed by atoms with Crippen LogP contribution in [-0.4, -0.2) is 39.9 Å². The third-order valence-corrected chi connectivity index (χ3v) is 7.36. The standard InChI is InChI=1S/C24H32N6O2/c1-2-32-21(31)14-26-13-20(11-25)28-23-27-12-19-3-4-30(22(19)29-23)15-24-8-16-5-17(9-24)7-18(6-16)10-24/h3-4,11-13,16-18H,2,5-10,14-15,25H2,1H3,(H,27,28,29)/b20-11+,26-13?. The summed E-state index contributed by atoms with van der Waals surface area (Å²) in [5, 5.41) is 4.14. The highest BCUT2D eigenvalue weighted by Gasteiger charge is 2.50. The number of anilines is 1. The normalized spacial score (nSPS) is 29.2. The fourth-order valence-corrected chi connectivity index (χ4v) is 6.67. The van der Waals surface area contributed by atoms with Crippen LogP contribution in [0.15, 0.2) is 35.3 Å². The first-order chi connectivity index (χ1) is 15.6. The van der Waals surface area contributed by atoms with Gasteiger partial charge in [-0.15, -0.1) is 0 Å². The summed E-state index contributed by atoms with van der Waals surface area (Å²) in [5.74, 6) is 2.88. The van der Waals surface area contributed by atoms with Gasteiger partial charge in [-0.2, -0.15) is 4.98 Å². The fourth-order valence-electron chi connectivity index (χ4n) is 6.67. The van der Waals surface area contributed by atoms with Crippen LogP contribution in [0, 0.1) is 23.2 Å². The van der Waals surface area contributed by atoms with Crippen LogP contribution in [0.1, 0.15) is 45.4 Å². The molecule has 0 radical (unpaired) electrons. The van der Waals surface area contributed by atoms with E-state index < -0.39 is 0 Å². The zero-order valence-electron chi connectivity index (χ0n) is 18.7. The molecule has 4 fully saturated rings. The smallest absolute Gasteiger partial charge is 0.327 e. The summed E-state index contributed by atoms with van der Waals surface area (Å²) in [6.45, 7) is 3.08. The van der Waals surface area contributed by atoms with Crippen molar-refractivity contribution < 1.29 is 9.53 Å². The van der Waals surface area contributed by atoms with E-state index in [2.05, 4.69) is 32.1 Å². The molecule has 3 N–H and O–H groups in total. The maximum Gasteiger partial charge on any atom is 0.327 e. The second kappa shape index (κ2) is 8.56. The molecule has 8 heteroatoms. The Morgan fingerprint density at radius 1 is 1.31 bits per heavy atom. The van der Waals surface area contributed by atoms with Gasteiger partial charge in [0.2, 0.25) is 5.95 Å². The Morgan fingerprint density at radius 2 is 2.03 bits per heavy atom. The molecular weight excluding hydrogens is 404 g/mol. The highest BCUT2D eigenvalue weighted by molar-refractivity contribution is 5.85. The van der Waals surface area contributed by atoms with Crippen molar-refractivity contribution >= 4 is 29.2 Å². The summed E-state index contributed by atoms with van der Waals surface area (Å²) in [4.78, 5) is 24.7. The SMILES string of the molecule is CCOC(=O)CN=C/C(=C\N)Nc1ncc2ccn(CC34CC5CC(CC(C5)C3)C4)c2n1. The first kappa shape index (κ1) is 21.0. The minimum atomic E-state index is -0.375. The Balaban J connectivity index is 1.31. The van der Waals surface area contributed by atoms with Crippen molar-refractivity contribution in [3.63, 3.8) is 0 Å². The van der Waals surface area contributed by atoms with Crippen molar-refractivity contribution in [2.24, 2.45) is 33.9 Å². The number of esters is 1. The first-order valence-electron chi connectivity index (χ1n) is 11.7. The molecule has 4 aliphatic carbocycles. The van der Waals surface area contributed by atoms with Crippen LogP contribution in [0.2, 0.25) is 0 Å². The van der Waals surface area contributed by atoms with Gasteiger partial charge in [-0.3, -0.25) is 9.79 Å². The Morgan fingerprint density at radius 3 is 2.69 bits per heavy atom. The molecule has 0 aromatic carbocycles. The molecule has 8 nitrogen and oxygen atoms in total. The second-order valence-corrected chi connectivity index (χ2v) is 9.86. The van der Waals surface area contributed by atoms with Gasteiger partial charge < -0.3 is 20.4 Å². The summed E-state index contributed by atoms with van der Waals surface area (Å²) < 4.78 is 7.19. The van der Waals surface area contributed by atoms with Gasteiger partial charge >= 0.3 is 5.97 Å². The minimum absolute atomic E-state index is 0.0549. The monoisotopic (exact) mass is 436 g/mol.